The Morgan fingerprint density at radius 2 is 1.94 bits per heavy atom. The molecule has 3 heteroatoms. The molecule has 0 spiro atoms. The van der Waals surface area contributed by atoms with Crippen LogP contribution in [0.1, 0.15) is 19.3 Å². The second-order valence-electron chi connectivity index (χ2n) is 5.17. The Morgan fingerprint density at radius 3 is 2.59 bits per heavy atom. The van der Waals surface area contributed by atoms with Gasteiger partial charge in [-0.1, -0.05) is 18.2 Å². The summed E-state index contributed by atoms with van der Waals surface area (Å²) in [6.45, 7) is 2.40. The number of halogens is 1. The molecule has 3 heterocycles. The van der Waals surface area contributed by atoms with Gasteiger partial charge in [0, 0.05) is 34.7 Å². The van der Waals surface area contributed by atoms with Gasteiger partial charge in [-0.05, 0) is 31.4 Å². The van der Waals surface area contributed by atoms with Gasteiger partial charge >= 0.3 is 0 Å². The molecule has 0 aliphatic carbocycles. The first kappa shape index (κ1) is 11.9. The van der Waals surface area contributed by atoms with E-state index in [0.717, 1.165) is 0 Å². The molecule has 17 heavy (non-hydrogen) atoms. The van der Waals surface area contributed by atoms with Crippen molar-refractivity contribution in [3.8, 4) is 0 Å². The molecule has 92 valence electrons. The van der Waals surface area contributed by atoms with Gasteiger partial charge in [0.05, 0.1) is 0 Å². The normalized spacial score (nSPS) is 36.1. The maximum atomic E-state index is 6.64. The Kier molecular flexibility index (Phi) is 3.38. The SMILES string of the molecule is ClC12CCN(CC1)C(CSc1ccccc1)C2. The minimum atomic E-state index is 0.122. The number of benzene rings is 1. The lowest BCUT2D eigenvalue weighted by atomic mass is 9.83. The van der Waals surface area contributed by atoms with Crippen LogP contribution in [0.25, 0.3) is 0 Å². The number of alkyl halides is 1. The van der Waals surface area contributed by atoms with Crippen molar-refractivity contribution in [3.63, 3.8) is 0 Å². The molecule has 0 aromatic heterocycles. The second kappa shape index (κ2) is 4.83. The van der Waals surface area contributed by atoms with Gasteiger partial charge in [-0.2, -0.15) is 0 Å². The minimum Gasteiger partial charge on any atom is -0.299 e. The van der Waals surface area contributed by atoms with E-state index in [1.807, 2.05) is 11.8 Å². The highest BCUT2D eigenvalue weighted by molar-refractivity contribution is 7.99. The molecule has 0 saturated carbocycles. The lowest BCUT2D eigenvalue weighted by molar-refractivity contribution is 0.0762. The highest BCUT2D eigenvalue weighted by Gasteiger charge is 2.42. The van der Waals surface area contributed by atoms with Gasteiger partial charge in [-0.15, -0.1) is 23.4 Å². The summed E-state index contributed by atoms with van der Waals surface area (Å²) in [6, 6.07) is 11.4. The van der Waals surface area contributed by atoms with Crippen molar-refractivity contribution in [1.82, 2.24) is 4.90 Å². The molecule has 1 atom stereocenters. The fraction of sp³-hybridized carbons (Fsp3) is 0.571. The van der Waals surface area contributed by atoms with E-state index in [-0.39, 0.29) is 4.87 Å². The lowest BCUT2D eigenvalue weighted by Gasteiger charge is -2.50. The molecule has 1 nitrogen and oxygen atoms in total. The molecule has 2 bridgehead atoms. The van der Waals surface area contributed by atoms with E-state index in [4.69, 9.17) is 11.6 Å². The standard InChI is InChI=1S/C14H18ClNS/c15-14-6-8-16(9-7-14)12(10-14)11-17-13-4-2-1-3-5-13/h1-5,12H,6-11H2. The maximum absolute atomic E-state index is 6.64. The summed E-state index contributed by atoms with van der Waals surface area (Å²) in [5.41, 5.74) is 0. The van der Waals surface area contributed by atoms with Crippen molar-refractivity contribution in [3.05, 3.63) is 30.3 Å². The summed E-state index contributed by atoms with van der Waals surface area (Å²) < 4.78 is 0. The van der Waals surface area contributed by atoms with Gasteiger partial charge in [0.25, 0.3) is 0 Å². The molecule has 1 unspecified atom stereocenters. The Balaban J connectivity index is 1.59. The molecular weight excluding hydrogens is 250 g/mol. The third kappa shape index (κ3) is 2.64. The van der Waals surface area contributed by atoms with Crippen LogP contribution in [0.4, 0.5) is 0 Å². The Morgan fingerprint density at radius 1 is 1.24 bits per heavy atom. The van der Waals surface area contributed by atoms with Gasteiger partial charge in [0.2, 0.25) is 0 Å². The zero-order chi connectivity index (χ0) is 11.7. The van der Waals surface area contributed by atoms with E-state index in [9.17, 15) is 0 Å². The van der Waals surface area contributed by atoms with Gasteiger partial charge in [-0.3, -0.25) is 4.90 Å². The van der Waals surface area contributed by atoms with E-state index in [1.165, 1.54) is 43.0 Å². The molecular formula is C14H18ClNS. The van der Waals surface area contributed by atoms with E-state index < -0.39 is 0 Å². The monoisotopic (exact) mass is 267 g/mol. The molecule has 3 aliphatic heterocycles. The van der Waals surface area contributed by atoms with Crippen LogP contribution in [-0.4, -0.2) is 34.7 Å². The summed E-state index contributed by atoms with van der Waals surface area (Å²) in [5.74, 6) is 1.18. The van der Waals surface area contributed by atoms with Gasteiger partial charge in [-0.25, -0.2) is 0 Å². The molecule has 3 fully saturated rings. The highest BCUT2D eigenvalue weighted by Crippen LogP contribution is 2.42. The zero-order valence-electron chi connectivity index (χ0n) is 9.94. The molecule has 0 amide bonds. The van der Waals surface area contributed by atoms with E-state index in [0.29, 0.717) is 6.04 Å². The largest absolute Gasteiger partial charge is 0.299 e. The van der Waals surface area contributed by atoms with Crippen LogP contribution in [0, 0.1) is 0 Å². The number of rotatable bonds is 3. The number of hydrogen-bond donors (Lipinski definition) is 0. The average Bonchev–Trinajstić information content (AvgIpc) is 2.38. The Labute approximate surface area is 113 Å². The van der Waals surface area contributed by atoms with Crippen molar-refractivity contribution in [2.45, 2.75) is 35.1 Å². The van der Waals surface area contributed by atoms with Crippen molar-refractivity contribution in [2.75, 3.05) is 18.8 Å². The summed E-state index contributed by atoms with van der Waals surface area (Å²) in [7, 11) is 0. The second-order valence-corrected chi connectivity index (χ2v) is 7.06. The lowest BCUT2D eigenvalue weighted by Crippen LogP contribution is -2.56. The molecule has 1 aromatic carbocycles. The van der Waals surface area contributed by atoms with Crippen molar-refractivity contribution >= 4 is 23.4 Å². The minimum absolute atomic E-state index is 0.122. The van der Waals surface area contributed by atoms with E-state index >= 15 is 0 Å². The Hall–Kier alpha value is -0.180. The van der Waals surface area contributed by atoms with Crippen LogP contribution in [0.3, 0.4) is 0 Å². The summed E-state index contributed by atoms with van der Waals surface area (Å²) in [5, 5.41) is 0. The topological polar surface area (TPSA) is 3.24 Å². The van der Waals surface area contributed by atoms with Gasteiger partial charge < -0.3 is 0 Å². The van der Waals surface area contributed by atoms with Crippen LogP contribution < -0.4 is 0 Å². The number of hydrogen-bond acceptors (Lipinski definition) is 2. The van der Waals surface area contributed by atoms with Crippen molar-refractivity contribution in [1.29, 1.82) is 0 Å². The number of piperidine rings is 3. The Bertz CT molecular complexity index is 373. The molecule has 4 rings (SSSR count). The third-order valence-corrected chi connectivity index (χ3v) is 5.69. The fourth-order valence-electron chi connectivity index (χ4n) is 2.92. The summed E-state index contributed by atoms with van der Waals surface area (Å²) in [6.07, 6.45) is 3.54. The van der Waals surface area contributed by atoms with Crippen LogP contribution in [0.15, 0.2) is 35.2 Å². The third-order valence-electron chi connectivity index (χ3n) is 4.00. The number of nitrogens with zero attached hydrogens (tertiary/aromatic N) is 1. The summed E-state index contributed by atoms with van der Waals surface area (Å²) >= 11 is 8.60. The van der Waals surface area contributed by atoms with Crippen molar-refractivity contribution < 1.29 is 0 Å². The van der Waals surface area contributed by atoms with Crippen LogP contribution in [0.5, 0.6) is 0 Å². The van der Waals surface area contributed by atoms with E-state index in [1.54, 1.807) is 0 Å². The van der Waals surface area contributed by atoms with Crippen molar-refractivity contribution in [2.24, 2.45) is 0 Å². The maximum Gasteiger partial charge on any atom is 0.0486 e. The predicted molar refractivity (Wildman–Crippen MR) is 75.0 cm³/mol. The fourth-order valence-corrected chi connectivity index (χ4v) is 4.33. The molecule has 3 saturated heterocycles. The first-order valence-electron chi connectivity index (χ1n) is 6.36. The van der Waals surface area contributed by atoms with Gasteiger partial charge in [0.1, 0.15) is 0 Å². The van der Waals surface area contributed by atoms with E-state index in [2.05, 4.69) is 35.2 Å². The molecule has 1 aromatic rings. The quantitative estimate of drug-likeness (QED) is 0.608. The van der Waals surface area contributed by atoms with Crippen LogP contribution in [-0.2, 0) is 0 Å². The number of fused-ring (bicyclic) bond motifs is 3. The molecule has 3 aliphatic rings. The van der Waals surface area contributed by atoms with Crippen LogP contribution >= 0.6 is 23.4 Å². The molecule has 0 radical (unpaired) electrons. The molecule has 0 N–H and O–H groups in total. The average molecular weight is 268 g/mol. The van der Waals surface area contributed by atoms with Crippen LogP contribution in [0.2, 0.25) is 0 Å². The number of thioether (sulfide) groups is 1. The highest BCUT2D eigenvalue weighted by atomic mass is 35.5. The van der Waals surface area contributed by atoms with Gasteiger partial charge in [0.15, 0.2) is 0 Å². The zero-order valence-corrected chi connectivity index (χ0v) is 11.5. The first-order chi connectivity index (χ1) is 8.25. The smallest absolute Gasteiger partial charge is 0.0486 e. The first-order valence-corrected chi connectivity index (χ1v) is 7.72. The predicted octanol–water partition coefficient (Wildman–Crippen LogP) is 3.62. The summed E-state index contributed by atoms with van der Waals surface area (Å²) in [4.78, 5) is 4.12.